The minimum atomic E-state index is 0.479. The minimum Gasteiger partial charge on any atom is -0.467 e. The highest BCUT2D eigenvalue weighted by atomic mass is 32.1. The largest absolute Gasteiger partial charge is 0.467 e. The number of furan rings is 1. The molecule has 2 heterocycles. The Morgan fingerprint density at radius 2 is 2.30 bits per heavy atom. The first-order valence-corrected chi connectivity index (χ1v) is 7.79. The first-order chi connectivity index (χ1) is 9.65. The van der Waals surface area contributed by atoms with E-state index >= 15 is 0 Å². The molecule has 5 heteroatoms. The number of ether oxygens (including phenoxy) is 1. The second-order valence-electron chi connectivity index (χ2n) is 5.12. The van der Waals surface area contributed by atoms with Crippen LogP contribution in [0.2, 0.25) is 0 Å². The van der Waals surface area contributed by atoms with Crippen LogP contribution in [0.1, 0.15) is 35.7 Å². The molecular weight excluding hydrogens is 272 g/mol. The summed E-state index contributed by atoms with van der Waals surface area (Å²) in [5.41, 5.74) is 4.15. The van der Waals surface area contributed by atoms with Gasteiger partial charge in [-0.1, -0.05) is 13.8 Å². The molecule has 1 N–H and O–H groups in total. The molecule has 2 aromatic heterocycles. The van der Waals surface area contributed by atoms with E-state index in [1.165, 1.54) is 4.88 Å². The molecule has 0 saturated heterocycles. The number of thiazole rings is 1. The van der Waals surface area contributed by atoms with Crippen molar-refractivity contribution in [2.24, 2.45) is 0 Å². The topological polar surface area (TPSA) is 47.3 Å². The van der Waals surface area contributed by atoms with Gasteiger partial charge >= 0.3 is 0 Å². The normalized spacial score (nSPS) is 11.4. The van der Waals surface area contributed by atoms with Gasteiger partial charge in [0.1, 0.15) is 12.4 Å². The van der Waals surface area contributed by atoms with Gasteiger partial charge in [0.2, 0.25) is 0 Å². The van der Waals surface area contributed by atoms with Crippen molar-refractivity contribution < 1.29 is 9.15 Å². The lowest BCUT2D eigenvalue weighted by Crippen LogP contribution is -2.21. The van der Waals surface area contributed by atoms with Gasteiger partial charge in [-0.05, 0) is 13.0 Å². The molecule has 4 nitrogen and oxygen atoms in total. The van der Waals surface area contributed by atoms with Crippen LogP contribution in [-0.4, -0.2) is 17.6 Å². The summed E-state index contributed by atoms with van der Waals surface area (Å²) in [5.74, 6) is 0.881. The Kier molecular flexibility index (Phi) is 5.76. The standard InChI is InChI=1S/C15H22N2O2S/c1-11(2)16-7-13-6-14(19-8-13)9-18-5-4-15-12(3)17-10-20-15/h6,8,10-11,16H,4-5,7,9H2,1-3H3. The summed E-state index contributed by atoms with van der Waals surface area (Å²) in [6, 6.07) is 2.53. The lowest BCUT2D eigenvalue weighted by atomic mass is 10.3. The second-order valence-corrected chi connectivity index (χ2v) is 6.06. The molecule has 0 amide bonds. The lowest BCUT2D eigenvalue weighted by Gasteiger charge is -2.04. The quantitative estimate of drug-likeness (QED) is 0.759. The molecule has 0 aliphatic carbocycles. The number of aromatic nitrogens is 1. The molecule has 0 fully saturated rings. The Morgan fingerprint density at radius 1 is 1.45 bits per heavy atom. The second kappa shape index (κ2) is 7.57. The first kappa shape index (κ1) is 15.2. The Balaban J connectivity index is 1.68. The average Bonchev–Trinajstić information content (AvgIpc) is 3.02. The van der Waals surface area contributed by atoms with E-state index in [0.29, 0.717) is 19.3 Å². The highest BCUT2D eigenvalue weighted by Gasteiger charge is 2.04. The van der Waals surface area contributed by atoms with Gasteiger partial charge in [0.25, 0.3) is 0 Å². The Morgan fingerprint density at radius 3 is 3.00 bits per heavy atom. The summed E-state index contributed by atoms with van der Waals surface area (Å²) in [6.07, 6.45) is 2.71. The molecule has 2 aromatic rings. The van der Waals surface area contributed by atoms with Crippen LogP contribution in [0.25, 0.3) is 0 Å². The minimum absolute atomic E-state index is 0.479. The average molecular weight is 294 g/mol. The van der Waals surface area contributed by atoms with Crippen LogP contribution >= 0.6 is 11.3 Å². The van der Waals surface area contributed by atoms with Crippen molar-refractivity contribution in [3.8, 4) is 0 Å². The van der Waals surface area contributed by atoms with Crippen LogP contribution in [0.5, 0.6) is 0 Å². The Bertz CT molecular complexity index is 519. The SMILES string of the molecule is Cc1ncsc1CCOCc1cc(CNC(C)C)co1. The van der Waals surface area contributed by atoms with E-state index in [9.17, 15) is 0 Å². The molecule has 0 aromatic carbocycles. The molecular formula is C15H22N2O2S. The molecule has 0 saturated carbocycles. The van der Waals surface area contributed by atoms with Crippen LogP contribution in [0.15, 0.2) is 22.3 Å². The summed E-state index contributed by atoms with van der Waals surface area (Å²) >= 11 is 1.69. The van der Waals surface area contributed by atoms with Gasteiger partial charge in [0.05, 0.1) is 24.1 Å². The number of nitrogens with zero attached hydrogens (tertiary/aromatic N) is 1. The third kappa shape index (κ3) is 4.74. The van der Waals surface area contributed by atoms with Gasteiger partial charge in [-0.25, -0.2) is 4.98 Å². The van der Waals surface area contributed by atoms with E-state index in [0.717, 1.165) is 30.0 Å². The first-order valence-electron chi connectivity index (χ1n) is 6.91. The molecule has 2 rings (SSSR count). The third-order valence-corrected chi connectivity index (χ3v) is 3.98. The van der Waals surface area contributed by atoms with Gasteiger partial charge < -0.3 is 14.5 Å². The van der Waals surface area contributed by atoms with E-state index in [2.05, 4.69) is 24.1 Å². The maximum Gasteiger partial charge on any atom is 0.129 e. The molecule has 0 spiro atoms. The number of aryl methyl sites for hydroxylation is 1. The van der Waals surface area contributed by atoms with E-state index in [1.54, 1.807) is 17.6 Å². The smallest absolute Gasteiger partial charge is 0.129 e. The van der Waals surface area contributed by atoms with Gasteiger partial charge in [-0.3, -0.25) is 0 Å². The van der Waals surface area contributed by atoms with Crippen molar-refractivity contribution in [2.75, 3.05) is 6.61 Å². The monoisotopic (exact) mass is 294 g/mol. The fourth-order valence-electron chi connectivity index (χ4n) is 1.82. The number of hydrogen-bond acceptors (Lipinski definition) is 5. The summed E-state index contributed by atoms with van der Waals surface area (Å²) < 4.78 is 11.1. The van der Waals surface area contributed by atoms with E-state index in [4.69, 9.17) is 9.15 Å². The molecule has 0 radical (unpaired) electrons. The maximum absolute atomic E-state index is 5.65. The Hall–Kier alpha value is -1.17. The van der Waals surface area contributed by atoms with Crippen molar-refractivity contribution >= 4 is 11.3 Å². The Labute approximate surface area is 124 Å². The lowest BCUT2D eigenvalue weighted by molar-refractivity contribution is 0.109. The van der Waals surface area contributed by atoms with E-state index in [-0.39, 0.29) is 0 Å². The molecule has 0 aliphatic heterocycles. The van der Waals surface area contributed by atoms with E-state index in [1.807, 2.05) is 18.5 Å². The zero-order chi connectivity index (χ0) is 14.4. The summed E-state index contributed by atoms with van der Waals surface area (Å²) in [6.45, 7) is 8.35. The van der Waals surface area contributed by atoms with Crippen LogP contribution in [0, 0.1) is 6.92 Å². The number of hydrogen-bond donors (Lipinski definition) is 1. The van der Waals surface area contributed by atoms with Crippen molar-refractivity contribution in [2.45, 2.75) is 46.4 Å². The van der Waals surface area contributed by atoms with Crippen LogP contribution in [0.3, 0.4) is 0 Å². The van der Waals surface area contributed by atoms with Gasteiger partial charge in [0, 0.05) is 29.4 Å². The molecule has 0 unspecified atom stereocenters. The fourth-order valence-corrected chi connectivity index (χ4v) is 2.58. The molecule has 0 atom stereocenters. The maximum atomic E-state index is 5.65. The summed E-state index contributed by atoms with van der Waals surface area (Å²) in [7, 11) is 0. The van der Waals surface area contributed by atoms with Crippen LogP contribution in [-0.2, 0) is 24.3 Å². The van der Waals surface area contributed by atoms with Crippen LogP contribution in [0.4, 0.5) is 0 Å². The third-order valence-electron chi connectivity index (χ3n) is 2.99. The van der Waals surface area contributed by atoms with Crippen molar-refractivity contribution in [3.05, 3.63) is 39.7 Å². The van der Waals surface area contributed by atoms with Gasteiger partial charge in [-0.2, -0.15) is 0 Å². The van der Waals surface area contributed by atoms with Crippen LogP contribution < -0.4 is 5.32 Å². The van der Waals surface area contributed by atoms with Gasteiger partial charge in [0.15, 0.2) is 0 Å². The zero-order valence-corrected chi connectivity index (χ0v) is 13.1. The molecule has 20 heavy (non-hydrogen) atoms. The van der Waals surface area contributed by atoms with Crippen molar-refractivity contribution in [3.63, 3.8) is 0 Å². The van der Waals surface area contributed by atoms with E-state index < -0.39 is 0 Å². The van der Waals surface area contributed by atoms with Crippen molar-refractivity contribution in [1.82, 2.24) is 10.3 Å². The summed E-state index contributed by atoms with van der Waals surface area (Å²) in [4.78, 5) is 5.53. The highest BCUT2D eigenvalue weighted by molar-refractivity contribution is 7.09. The highest BCUT2D eigenvalue weighted by Crippen LogP contribution is 2.13. The predicted octanol–water partition coefficient (Wildman–Crippen LogP) is 3.30. The van der Waals surface area contributed by atoms with Gasteiger partial charge in [-0.15, -0.1) is 11.3 Å². The van der Waals surface area contributed by atoms with Crippen molar-refractivity contribution in [1.29, 1.82) is 0 Å². The molecule has 110 valence electrons. The fraction of sp³-hybridized carbons (Fsp3) is 0.533. The number of nitrogens with one attached hydrogen (secondary N) is 1. The zero-order valence-electron chi connectivity index (χ0n) is 12.3. The molecule has 0 aliphatic rings. The summed E-state index contributed by atoms with van der Waals surface area (Å²) in [5, 5.41) is 3.36. The number of rotatable bonds is 8. The predicted molar refractivity (Wildman–Crippen MR) is 80.9 cm³/mol. The molecule has 0 bridgehead atoms.